The molecule has 4 nitrogen and oxygen atoms in total. The number of hydrogen-bond acceptors (Lipinski definition) is 2. The molecule has 0 aliphatic heterocycles. The van der Waals surface area contributed by atoms with Crippen molar-refractivity contribution in [2.24, 2.45) is 9.98 Å². The van der Waals surface area contributed by atoms with E-state index in [9.17, 15) is 0 Å². The monoisotopic (exact) mass is 629 g/mol. The second-order valence-electron chi connectivity index (χ2n) is 11.8. The highest BCUT2D eigenvalue weighted by Crippen LogP contribution is 2.37. The zero-order valence-corrected chi connectivity index (χ0v) is 26.6. The lowest BCUT2D eigenvalue weighted by Crippen LogP contribution is -2.05. The lowest BCUT2D eigenvalue weighted by Gasteiger charge is -2.08. The predicted molar refractivity (Wildman–Crippen MR) is 204 cm³/mol. The number of fused-ring (bicyclic) bond motifs is 3. The lowest BCUT2D eigenvalue weighted by molar-refractivity contribution is 0.668. The number of rotatable bonds is 6. The van der Waals surface area contributed by atoms with E-state index in [1.807, 2.05) is 97.1 Å². The molecule has 0 fully saturated rings. The van der Waals surface area contributed by atoms with Gasteiger partial charge < -0.3 is 4.42 Å². The number of amidine groups is 2. The molecular weight excluding hydrogens is 599 g/mol. The maximum absolute atomic E-state index is 9.10. The summed E-state index contributed by atoms with van der Waals surface area (Å²) in [6, 6.07) is 59.2. The Morgan fingerprint density at radius 3 is 1.73 bits per heavy atom. The Morgan fingerprint density at radius 1 is 0.510 bits per heavy atom. The molecular formula is C45H31N3O. The van der Waals surface area contributed by atoms with Crippen LogP contribution < -0.4 is 0 Å². The first-order chi connectivity index (χ1) is 24.2. The summed E-state index contributed by atoms with van der Waals surface area (Å²) in [4.78, 5) is 9.82. The van der Waals surface area contributed by atoms with Crippen molar-refractivity contribution in [3.63, 3.8) is 0 Å². The quantitative estimate of drug-likeness (QED) is 0.144. The highest BCUT2D eigenvalue weighted by atomic mass is 16.3. The second-order valence-corrected chi connectivity index (χ2v) is 11.8. The molecule has 0 unspecified atom stereocenters. The summed E-state index contributed by atoms with van der Waals surface area (Å²) in [7, 11) is 0. The number of furan rings is 1. The molecule has 0 amide bonds. The molecule has 1 N–H and O–H groups in total. The van der Waals surface area contributed by atoms with Gasteiger partial charge in [0.15, 0.2) is 11.7 Å². The van der Waals surface area contributed by atoms with Gasteiger partial charge >= 0.3 is 0 Å². The lowest BCUT2D eigenvalue weighted by atomic mass is 9.99. The first-order valence-corrected chi connectivity index (χ1v) is 16.2. The Bertz CT molecular complexity index is 2490. The Kier molecular flexibility index (Phi) is 8.02. The number of hydrogen-bond donors (Lipinski definition) is 1. The fraction of sp³-hybridized carbons (Fsp3) is 0. The maximum Gasteiger partial charge on any atom is 0.161 e. The van der Waals surface area contributed by atoms with E-state index in [2.05, 4.69) is 78.9 Å². The molecule has 1 aromatic heterocycles. The average Bonchev–Trinajstić information content (AvgIpc) is 3.57. The Hall–Kier alpha value is -6.65. The van der Waals surface area contributed by atoms with Crippen molar-refractivity contribution in [2.45, 2.75) is 0 Å². The van der Waals surface area contributed by atoms with Crippen LogP contribution >= 0.6 is 0 Å². The minimum Gasteiger partial charge on any atom is -0.455 e. The van der Waals surface area contributed by atoms with Gasteiger partial charge in [0.2, 0.25) is 0 Å². The Morgan fingerprint density at radius 2 is 1.06 bits per heavy atom. The van der Waals surface area contributed by atoms with Gasteiger partial charge in [-0.2, -0.15) is 0 Å². The maximum atomic E-state index is 9.10. The molecule has 0 aliphatic rings. The summed E-state index contributed by atoms with van der Waals surface area (Å²) in [5.74, 6) is 0.565. The zero-order valence-electron chi connectivity index (χ0n) is 26.6. The number of nitrogens with one attached hydrogen (secondary N) is 1. The average molecular weight is 630 g/mol. The van der Waals surface area contributed by atoms with E-state index in [1.54, 1.807) is 6.21 Å². The number of benzene rings is 7. The summed E-state index contributed by atoms with van der Waals surface area (Å²) in [6.07, 6.45) is 1.80. The van der Waals surface area contributed by atoms with E-state index >= 15 is 0 Å². The molecule has 0 saturated heterocycles. The van der Waals surface area contributed by atoms with Gasteiger partial charge in [-0.1, -0.05) is 152 Å². The molecule has 7 aromatic carbocycles. The first-order valence-electron chi connectivity index (χ1n) is 16.2. The van der Waals surface area contributed by atoms with E-state index in [0.29, 0.717) is 11.4 Å². The molecule has 232 valence electrons. The van der Waals surface area contributed by atoms with Crippen LogP contribution in [0.15, 0.2) is 190 Å². The molecule has 8 aromatic rings. The van der Waals surface area contributed by atoms with Crippen LogP contribution in [0.4, 0.5) is 0 Å². The summed E-state index contributed by atoms with van der Waals surface area (Å²) in [5.41, 5.74) is 10.4. The van der Waals surface area contributed by atoms with Crippen LogP contribution in [-0.4, -0.2) is 17.9 Å². The minimum atomic E-state index is 0.129. The standard InChI is InChI=1S/C45H31N3O/c46-44(36-22-10-20-34(28-36)31-14-4-1-5-15-31)48-45(37-23-11-21-35(29-37)32-16-6-2-7-17-32)47-30-38-24-12-26-40-42-39(33-18-8-3-9-19-33)25-13-27-41(42)49-43(38)40/h1-30,46H. The third-order valence-corrected chi connectivity index (χ3v) is 8.65. The molecule has 8 rings (SSSR count). The Balaban J connectivity index is 1.23. The van der Waals surface area contributed by atoms with Crippen molar-refractivity contribution in [3.8, 4) is 33.4 Å². The smallest absolute Gasteiger partial charge is 0.161 e. The van der Waals surface area contributed by atoms with Gasteiger partial charge in [0.25, 0.3) is 0 Å². The highest BCUT2D eigenvalue weighted by Gasteiger charge is 2.15. The largest absolute Gasteiger partial charge is 0.455 e. The van der Waals surface area contributed by atoms with E-state index < -0.39 is 0 Å². The third kappa shape index (κ3) is 6.11. The van der Waals surface area contributed by atoms with Crippen molar-refractivity contribution in [1.29, 1.82) is 5.41 Å². The van der Waals surface area contributed by atoms with Gasteiger partial charge in [-0.3, -0.25) is 5.41 Å². The molecule has 0 atom stereocenters. The van der Waals surface area contributed by atoms with Crippen molar-refractivity contribution in [3.05, 3.63) is 193 Å². The Labute approximate surface area is 284 Å². The van der Waals surface area contributed by atoms with Crippen molar-refractivity contribution in [2.75, 3.05) is 0 Å². The van der Waals surface area contributed by atoms with Crippen LogP contribution in [0.5, 0.6) is 0 Å². The minimum absolute atomic E-state index is 0.129. The first kappa shape index (κ1) is 29.7. The van der Waals surface area contributed by atoms with Gasteiger partial charge in [-0.15, -0.1) is 0 Å². The fourth-order valence-corrected chi connectivity index (χ4v) is 6.24. The number of para-hydroxylation sites is 1. The van der Waals surface area contributed by atoms with Crippen LogP contribution in [0.3, 0.4) is 0 Å². The van der Waals surface area contributed by atoms with Crippen molar-refractivity contribution in [1.82, 2.24) is 0 Å². The highest BCUT2D eigenvalue weighted by molar-refractivity contribution is 6.18. The van der Waals surface area contributed by atoms with Crippen LogP contribution in [0.1, 0.15) is 16.7 Å². The van der Waals surface area contributed by atoms with Crippen LogP contribution in [0.2, 0.25) is 0 Å². The van der Waals surface area contributed by atoms with E-state index in [0.717, 1.165) is 66.4 Å². The van der Waals surface area contributed by atoms with Crippen molar-refractivity contribution < 1.29 is 4.42 Å². The summed E-state index contributed by atoms with van der Waals surface area (Å²) < 4.78 is 6.49. The van der Waals surface area contributed by atoms with Gasteiger partial charge in [0, 0.05) is 33.7 Å². The molecule has 49 heavy (non-hydrogen) atoms. The van der Waals surface area contributed by atoms with E-state index in [-0.39, 0.29) is 5.84 Å². The molecule has 0 aliphatic carbocycles. The van der Waals surface area contributed by atoms with Crippen LogP contribution in [0.25, 0.3) is 55.3 Å². The normalized spacial score (nSPS) is 11.8. The third-order valence-electron chi connectivity index (χ3n) is 8.65. The van der Waals surface area contributed by atoms with Crippen LogP contribution in [-0.2, 0) is 0 Å². The van der Waals surface area contributed by atoms with Crippen LogP contribution in [0, 0.1) is 5.41 Å². The zero-order chi connectivity index (χ0) is 33.0. The van der Waals surface area contributed by atoms with Gasteiger partial charge in [-0.05, 0) is 57.6 Å². The summed E-state index contributed by atoms with van der Waals surface area (Å²) in [5, 5.41) is 11.2. The predicted octanol–water partition coefficient (Wildman–Crippen LogP) is 11.5. The van der Waals surface area contributed by atoms with E-state index in [4.69, 9.17) is 19.8 Å². The molecule has 0 saturated carbocycles. The fourth-order valence-electron chi connectivity index (χ4n) is 6.24. The van der Waals surface area contributed by atoms with E-state index in [1.165, 1.54) is 0 Å². The molecule has 0 spiro atoms. The summed E-state index contributed by atoms with van der Waals surface area (Å²) in [6.45, 7) is 0. The van der Waals surface area contributed by atoms with Gasteiger partial charge in [-0.25, -0.2) is 9.98 Å². The van der Waals surface area contributed by atoms with Gasteiger partial charge in [0.05, 0.1) is 0 Å². The summed E-state index contributed by atoms with van der Waals surface area (Å²) >= 11 is 0. The topological polar surface area (TPSA) is 61.7 Å². The molecule has 0 bridgehead atoms. The molecule has 1 heterocycles. The number of aliphatic imine (C=N–C) groups is 2. The molecule has 0 radical (unpaired) electrons. The van der Waals surface area contributed by atoms with Gasteiger partial charge in [0.1, 0.15) is 11.2 Å². The number of nitrogens with zero attached hydrogens (tertiary/aromatic N) is 2. The second kappa shape index (κ2) is 13.2. The molecule has 4 heteroatoms. The van der Waals surface area contributed by atoms with Crippen molar-refractivity contribution >= 4 is 39.8 Å². The SMILES string of the molecule is N=C(N=C(N=Cc1cccc2c1oc1cccc(-c3ccccc3)c12)c1cccc(-c2ccccc2)c1)c1cccc(-c2ccccc2)c1.